The standard InChI is InChI=1S/C10H16N5O14P3.C9H14N2O12P2.H2O/c11-10-13-7-4(8(18)14-10)12-2-15(7)9-6(17)5(16)3(27-9)1-26-31(22,23)29-32(24,25)28-30(19,20)21;12-5-1-2-11(9(15)10-5)8-7(14)6(13)4(22-8)3-21-25(19,20)23-24(16,17)18;/h2-3,5-6,9,16-17H,1H2,(H,22,23)(H,24,25)(H2,19,20,21)(H3,11,13,14,18);1-2,4,6-8,13-14H,3H2,(H,19,20)(H,10,12,15)(H2,16,17,18);1H2/t3-,5-,6-,9-;4-,6-,7-,8-;/m11./s1. The molecule has 0 aromatic carbocycles. The van der Waals surface area contributed by atoms with E-state index in [2.05, 4.69) is 36.9 Å². The maximum absolute atomic E-state index is 11.9. The Morgan fingerprint density at radius 2 is 1.17 bits per heavy atom. The molecule has 39 heteroatoms. The maximum atomic E-state index is 11.9. The van der Waals surface area contributed by atoms with Gasteiger partial charge in [0, 0.05) is 12.3 Å². The molecule has 0 amide bonds. The van der Waals surface area contributed by atoms with Crippen molar-refractivity contribution in [2.75, 3.05) is 18.9 Å². The molecule has 58 heavy (non-hydrogen) atoms. The topological polar surface area (TPSA) is 548 Å². The average molecular weight is 945 g/mol. The molecule has 3 aromatic rings. The van der Waals surface area contributed by atoms with Gasteiger partial charge in [0.15, 0.2) is 23.6 Å². The number of ether oxygens (including phenoxy) is 2. The molecule has 0 spiro atoms. The van der Waals surface area contributed by atoms with E-state index < -0.39 is 118 Å². The van der Waals surface area contributed by atoms with E-state index in [9.17, 15) is 62.5 Å². The zero-order valence-corrected chi connectivity index (χ0v) is 32.4. The van der Waals surface area contributed by atoms with Gasteiger partial charge in [-0.1, -0.05) is 0 Å². The minimum Gasteiger partial charge on any atom is -0.412 e. The quantitative estimate of drug-likeness (QED) is 0.0670. The Morgan fingerprint density at radius 3 is 1.66 bits per heavy atom. The number of nitrogen functional groups attached to an aromatic ring is 1. The van der Waals surface area contributed by atoms with E-state index >= 15 is 0 Å². The third-order valence-corrected chi connectivity index (χ3v) is 12.9. The number of fused-ring (bicyclic) bond motifs is 1. The number of phosphoric ester groups is 2. The molecule has 2 aliphatic heterocycles. The molecule has 17 N–H and O–H groups in total. The van der Waals surface area contributed by atoms with Crippen LogP contribution in [0, 0.1) is 0 Å². The smallest absolute Gasteiger partial charge is 0.412 e. The predicted octanol–water partition coefficient (Wildman–Crippen LogP) is -5.78. The van der Waals surface area contributed by atoms with Crippen molar-refractivity contribution < 1.29 is 114 Å². The number of phosphoric acid groups is 5. The molecular formula is C19H32N7O27P5. The van der Waals surface area contributed by atoms with E-state index in [4.69, 9.17) is 44.6 Å². The Morgan fingerprint density at radius 1 is 0.707 bits per heavy atom. The molecule has 3 unspecified atom stereocenters. The summed E-state index contributed by atoms with van der Waals surface area (Å²) in [4.78, 5) is 108. The van der Waals surface area contributed by atoms with Gasteiger partial charge in [-0.2, -0.15) is 17.9 Å². The Balaban J connectivity index is 0.000000314. The molecule has 0 radical (unpaired) electrons. The molecular weight excluding hydrogens is 913 g/mol. The monoisotopic (exact) mass is 945 g/mol. The summed E-state index contributed by atoms with van der Waals surface area (Å²) in [6, 6.07) is 0.962. The van der Waals surface area contributed by atoms with Crippen molar-refractivity contribution in [2.45, 2.75) is 49.1 Å². The first-order chi connectivity index (χ1) is 26.0. The van der Waals surface area contributed by atoms with Crippen LogP contribution in [0.3, 0.4) is 0 Å². The third-order valence-electron chi connectivity index (χ3n) is 6.95. The highest BCUT2D eigenvalue weighted by molar-refractivity contribution is 7.66. The van der Waals surface area contributed by atoms with Crippen molar-refractivity contribution in [3.63, 3.8) is 0 Å². The van der Waals surface area contributed by atoms with E-state index in [1.165, 1.54) is 0 Å². The molecule has 3 aromatic heterocycles. The van der Waals surface area contributed by atoms with Gasteiger partial charge in [0.25, 0.3) is 11.1 Å². The van der Waals surface area contributed by atoms with Gasteiger partial charge in [-0.05, 0) is 0 Å². The summed E-state index contributed by atoms with van der Waals surface area (Å²) in [5, 5.41) is 40.2. The lowest BCUT2D eigenvalue weighted by Gasteiger charge is -2.19. The maximum Gasteiger partial charge on any atom is 0.490 e. The number of aromatic nitrogens is 6. The van der Waals surface area contributed by atoms with Gasteiger partial charge >= 0.3 is 44.8 Å². The second kappa shape index (κ2) is 18.5. The number of rotatable bonds is 14. The van der Waals surface area contributed by atoms with Crippen molar-refractivity contribution in [3.8, 4) is 0 Å². The number of imidazole rings is 1. The lowest BCUT2D eigenvalue weighted by molar-refractivity contribution is -0.0542. The Kier molecular flexibility index (Phi) is 15.8. The van der Waals surface area contributed by atoms with Crippen LogP contribution in [0.5, 0.6) is 0 Å². The van der Waals surface area contributed by atoms with Crippen LogP contribution >= 0.6 is 39.1 Å². The first kappa shape index (κ1) is 49.6. The highest BCUT2D eigenvalue weighted by Gasteiger charge is 2.48. The summed E-state index contributed by atoms with van der Waals surface area (Å²) >= 11 is 0. The molecule has 2 saturated heterocycles. The summed E-state index contributed by atoms with van der Waals surface area (Å²) in [6.07, 6.45) is -10.6. The van der Waals surface area contributed by atoms with E-state index in [1.807, 2.05) is 4.98 Å². The van der Waals surface area contributed by atoms with E-state index in [0.29, 0.717) is 0 Å². The van der Waals surface area contributed by atoms with Crippen molar-refractivity contribution in [3.05, 3.63) is 49.8 Å². The van der Waals surface area contributed by atoms with Gasteiger partial charge in [0.1, 0.15) is 36.6 Å². The molecule has 2 fully saturated rings. The van der Waals surface area contributed by atoms with Gasteiger partial charge in [-0.25, -0.2) is 32.6 Å². The van der Waals surface area contributed by atoms with Crippen LogP contribution in [0.25, 0.3) is 11.2 Å². The number of aromatic amines is 2. The van der Waals surface area contributed by atoms with E-state index in [-0.39, 0.29) is 22.6 Å². The number of aliphatic hydroxyl groups excluding tert-OH is 4. The fourth-order valence-electron chi connectivity index (χ4n) is 4.75. The third kappa shape index (κ3) is 13.1. The number of hydrogen-bond donors (Lipinski definition) is 14. The minimum absolute atomic E-state index is 0. The first-order valence-corrected chi connectivity index (χ1v) is 22.1. The second-order valence-corrected chi connectivity index (χ2v) is 18.4. The highest BCUT2D eigenvalue weighted by Crippen LogP contribution is 2.66. The number of nitrogens with one attached hydrogen (secondary N) is 2. The average Bonchev–Trinajstić information content (AvgIpc) is 3.66. The lowest BCUT2D eigenvalue weighted by atomic mass is 10.1. The molecule has 5 rings (SSSR count). The normalized spacial score (nSPS) is 28.1. The predicted molar refractivity (Wildman–Crippen MR) is 178 cm³/mol. The number of hydrogen-bond acceptors (Lipinski definition) is 22. The number of nitrogens with zero attached hydrogens (tertiary/aromatic N) is 4. The van der Waals surface area contributed by atoms with Gasteiger partial charge in [-0.3, -0.25) is 37.7 Å². The molecule has 34 nitrogen and oxygen atoms in total. The van der Waals surface area contributed by atoms with Crippen molar-refractivity contribution in [1.82, 2.24) is 29.1 Å². The van der Waals surface area contributed by atoms with Crippen LogP contribution in [-0.4, -0.2) is 139 Å². The Bertz CT molecular complexity index is 2360. The Labute approximate surface area is 317 Å². The van der Waals surface area contributed by atoms with Crippen LogP contribution in [0.1, 0.15) is 12.5 Å². The number of aliphatic hydroxyl groups is 4. The van der Waals surface area contributed by atoms with Gasteiger partial charge < -0.3 is 75.4 Å². The zero-order chi connectivity index (χ0) is 43.1. The van der Waals surface area contributed by atoms with Crippen LogP contribution in [0.4, 0.5) is 5.95 Å². The second-order valence-electron chi connectivity index (χ2n) is 11.1. The van der Waals surface area contributed by atoms with Crippen molar-refractivity contribution in [1.29, 1.82) is 0 Å². The molecule has 0 aliphatic carbocycles. The summed E-state index contributed by atoms with van der Waals surface area (Å²) < 4.78 is 87.3. The summed E-state index contributed by atoms with van der Waals surface area (Å²) in [5.74, 6) is -0.276. The minimum atomic E-state index is -5.73. The summed E-state index contributed by atoms with van der Waals surface area (Å²) in [6.45, 7) is -1.91. The molecule has 2 aliphatic rings. The number of nitrogens with two attached hydrogens (primary N) is 1. The largest absolute Gasteiger partial charge is 0.490 e. The summed E-state index contributed by atoms with van der Waals surface area (Å²) in [7, 11) is -27.3. The van der Waals surface area contributed by atoms with Gasteiger partial charge in [0.2, 0.25) is 5.95 Å². The first-order valence-electron chi connectivity index (χ1n) is 14.6. The summed E-state index contributed by atoms with van der Waals surface area (Å²) in [5.41, 5.74) is 2.85. The molecule has 330 valence electrons. The number of anilines is 1. The zero-order valence-electron chi connectivity index (χ0n) is 27.9. The van der Waals surface area contributed by atoms with Crippen LogP contribution in [0.15, 0.2) is 33.0 Å². The van der Waals surface area contributed by atoms with Crippen molar-refractivity contribution in [2.24, 2.45) is 0 Å². The Hall–Kier alpha value is -2.78. The molecule has 0 saturated carbocycles. The van der Waals surface area contributed by atoms with Gasteiger partial charge in [0.05, 0.1) is 19.5 Å². The fraction of sp³-hybridized carbons (Fsp3) is 0.526. The van der Waals surface area contributed by atoms with Crippen LogP contribution < -0.4 is 22.5 Å². The molecule has 0 bridgehead atoms. The number of H-pyrrole nitrogens is 2. The van der Waals surface area contributed by atoms with E-state index in [1.54, 1.807) is 0 Å². The molecule has 5 heterocycles. The van der Waals surface area contributed by atoms with Crippen LogP contribution in [0.2, 0.25) is 0 Å². The molecule has 11 atom stereocenters. The van der Waals surface area contributed by atoms with Crippen molar-refractivity contribution >= 4 is 56.2 Å². The van der Waals surface area contributed by atoms with E-state index in [0.717, 1.165) is 27.7 Å². The lowest BCUT2D eigenvalue weighted by Crippen LogP contribution is -2.37. The highest BCUT2D eigenvalue weighted by atomic mass is 31.3. The van der Waals surface area contributed by atoms with Gasteiger partial charge in [-0.15, -0.1) is 0 Å². The SMILES string of the molecule is Nc1nc2c(ncn2[C@@H]2O[C@H](COP(=O)(O)OP(=O)(O)OP(=O)(O)O)[C@@H](O)[C@H]2O)c(=O)[nH]1.O.O=c1ccn([C@@H]2O[C@H](COP(=O)(O)OP(=O)(O)O)[C@@H](O)[C@H]2O)c(=O)[nH]1. The van der Waals surface area contributed by atoms with Crippen LogP contribution in [-0.2, 0) is 54.3 Å². The fourth-order valence-corrected chi connectivity index (χ4v) is 9.38.